The van der Waals surface area contributed by atoms with Gasteiger partial charge in [-0.15, -0.1) is 0 Å². The van der Waals surface area contributed by atoms with E-state index in [2.05, 4.69) is 5.32 Å². The normalized spacial score (nSPS) is 10.3. The maximum Gasteiger partial charge on any atom is 0.258 e. The van der Waals surface area contributed by atoms with E-state index in [1.807, 2.05) is 72.8 Å². The largest absolute Gasteiger partial charge is 0.492 e. The van der Waals surface area contributed by atoms with Crippen molar-refractivity contribution in [3.63, 3.8) is 0 Å². The molecular weight excluding hydrogens is 302 g/mol. The minimum absolute atomic E-state index is 0.0145. The van der Waals surface area contributed by atoms with Crippen LogP contribution >= 0.6 is 0 Å². The molecular formula is C20H19NO3. The SMILES string of the molecule is O=C(COc1cccc2ccccc12)NCCOc1ccccc1. The van der Waals surface area contributed by atoms with Crippen molar-refractivity contribution in [2.24, 2.45) is 0 Å². The Kier molecular flexibility index (Phi) is 5.30. The molecule has 0 atom stereocenters. The van der Waals surface area contributed by atoms with E-state index >= 15 is 0 Å². The minimum atomic E-state index is -0.167. The third kappa shape index (κ3) is 4.26. The van der Waals surface area contributed by atoms with Gasteiger partial charge in [-0.25, -0.2) is 0 Å². The molecule has 0 aliphatic carbocycles. The molecule has 1 amide bonds. The maximum absolute atomic E-state index is 11.9. The van der Waals surface area contributed by atoms with Crippen molar-refractivity contribution in [2.45, 2.75) is 0 Å². The summed E-state index contributed by atoms with van der Waals surface area (Å²) in [6, 6.07) is 23.2. The second kappa shape index (κ2) is 8.02. The monoisotopic (exact) mass is 321 g/mol. The maximum atomic E-state index is 11.9. The van der Waals surface area contributed by atoms with Crippen LogP contribution in [0.15, 0.2) is 72.8 Å². The van der Waals surface area contributed by atoms with E-state index in [1.54, 1.807) is 0 Å². The molecule has 0 fully saturated rings. The average Bonchev–Trinajstić information content (AvgIpc) is 2.64. The molecule has 0 spiro atoms. The van der Waals surface area contributed by atoms with E-state index in [1.165, 1.54) is 0 Å². The highest BCUT2D eigenvalue weighted by Gasteiger charge is 2.05. The lowest BCUT2D eigenvalue weighted by Crippen LogP contribution is -2.32. The van der Waals surface area contributed by atoms with Crippen LogP contribution in [-0.4, -0.2) is 25.7 Å². The first-order valence-electron chi connectivity index (χ1n) is 7.88. The van der Waals surface area contributed by atoms with Gasteiger partial charge in [-0.1, -0.05) is 54.6 Å². The lowest BCUT2D eigenvalue weighted by Gasteiger charge is -2.10. The molecule has 3 aromatic rings. The molecule has 0 saturated carbocycles. The fourth-order valence-corrected chi connectivity index (χ4v) is 2.39. The molecule has 1 N–H and O–H groups in total. The molecule has 0 aliphatic rings. The Labute approximate surface area is 141 Å². The van der Waals surface area contributed by atoms with E-state index in [-0.39, 0.29) is 12.5 Å². The van der Waals surface area contributed by atoms with Crippen LogP contribution in [0.3, 0.4) is 0 Å². The molecule has 4 nitrogen and oxygen atoms in total. The minimum Gasteiger partial charge on any atom is -0.492 e. The predicted molar refractivity (Wildman–Crippen MR) is 94.4 cm³/mol. The molecule has 0 bridgehead atoms. The van der Waals surface area contributed by atoms with Gasteiger partial charge in [0.25, 0.3) is 5.91 Å². The van der Waals surface area contributed by atoms with Gasteiger partial charge >= 0.3 is 0 Å². The molecule has 4 heteroatoms. The van der Waals surface area contributed by atoms with E-state index in [0.717, 1.165) is 16.5 Å². The molecule has 3 aromatic carbocycles. The van der Waals surface area contributed by atoms with E-state index in [9.17, 15) is 4.79 Å². The predicted octanol–water partition coefficient (Wildman–Crippen LogP) is 3.41. The third-order valence-electron chi connectivity index (χ3n) is 3.54. The van der Waals surface area contributed by atoms with Crippen molar-refractivity contribution >= 4 is 16.7 Å². The third-order valence-corrected chi connectivity index (χ3v) is 3.54. The van der Waals surface area contributed by atoms with Crippen LogP contribution in [0.4, 0.5) is 0 Å². The van der Waals surface area contributed by atoms with Crippen molar-refractivity contribution in [1.82, 2.24) is 5.32 Å². The van der Waals surface area contributed by atoms with Gasteiger partial charge in [0.2, 0.25) is 0 Å². The zero-order chi connectivity index (χ0) is 16.6. The number of carbonyl (C=O) groups is 1. The smallest absolute Gasteiger partial charge is 0.258 e. The molecule has 3 rings (SSSR count). The molecule has 0 unspecified atom stereocenters. The Bertz CT molecular complexity index is 797. The van der Waals surface area contributed by atoms with Gasteiger partial charge < -0.3 is 14.8 Å². The van der Waals surface area contributed by atoms with Gasteiger partial charge in [-0.2, -0.15) is 0 Å². The molecule has 0 aromatic heterocycles. The molecule has 0 aliphatic heterocycles. The average molecular weight is 321 g/mol. The highest BCUT2D eigenvalue weighted by atomic mass is 16.5. The van der Waals surface area contributed by atoms with Crippen molar-refractivity contribution in [3.05, 3.63) is 72.8 Å². The first-order valence-corrected chi connectivity index (χ1v) is 7.88. The van der Waals surface area contributed by atoms with Gasteiger partial charge in [-0.05, 0) is 23.6 Å². The van der Waals surface area contributed by atoms with E-state index in [0.29, 0.717) is 18.9 Å². The standard InChI is InChI=1S/C20H19NO3/c22-20(21-13-14-23-17-9-2-1-3-10-17)15-24-19-12-6-8-16-7-4-5-11-18(16)19/h1-12H,13-15H2,(H,21,22). The van der Waals surface area contributed by atoms with Gasteiger partial charge in [0.05, 0.1) is 6.54 Å². The van der Waals surface area contributed by atoms with Gasteiger partial charge in [0, 0.05) is 5.39 Å². The second-order valence-corrected chi connectivity index (χ2v) is 5.28. The number of rotatable bonds is 7. The van der Waals surface area contributed by atoms with Crippen LogP contribution in [0, 0.1) is 0 Å². The zero-order valence-corrected chi connectivity index (χ0v) is 13.3. The molecule has 0 heterocycles. The van der Waals surface area contributed by atoms with Crippen LogP contribution in [0.2, 0.25) is 0 Å². The van der Waals surface area contributed by atoms with Gasteiger partial charge in [-0.3, -0.25) is 4.79 Å². The van der Waals surface area contributed by atoms with Crippen LogP contribution in [0.1, 0.15) is 0 Å². The Hall–Kier alpha value is -3.01. The van der Waals surface area contributed by atoms with E-state index in [4.69, 9.17) is 9.47 Å². The lowest BCUT2D eigenvalue weighted by molar-refractivity contribution is -0.123. The quantitative estimate of drug-likeness (QED) is 0.678. The highest BCUT2D eigenvalue weighted by molar-refractivity contribution is 5.88. The molecule has 0 saturated heterocycles. The number of hydrogen-bond acceptors (Lipinski definition) is 3. The second-order valence-electron chi connectivity index (χ2n) is 5.28. The Morgan fingerprint density at radius 3 is 2.46 bits per heavy atom. The fourth-order valence-electron chi connectivity index (χ4n) is 2.39. The summed E-state index contributed by atoms with van der Waals surface area (Å²) >= 11 is 0. The Balaban J connectivity index is 1.44. The summed E-state index contributed by atoms with van der Waals surface area (Å²) in [6.45, 7) is 0.843. The summed E-state index contributed by atoms with van der Waals surface area (Å²) in [4.78, 5) is 11.9. The van der Waals surface area contributed by atoms with Crippen molar-refractivity contribution in [2.75, 3.05) is 19.8 Å². The Morgan fingerprint density at radius 2 is 1.58 bits per heavy atom. The van der Waals surface area contributed by atoms with Crippen LogP contribution < -0.4 is 14.8 Å². The Morgan fingerprint density at radius 1 is 0.833 bits per heavy atom. The first-order chi connectivity index (χ1) is 11.8. The summed E-state index contributed by atoms with van der Waals surface area (Å²) in [5, 5.41) is 4.87. The topological polar surface area (TPSA) is 47.6 Å². The van der Waals surface area contributed by atoms with Crippen molar-refractivity contribution in [3.8, 4) is 11.5 Å². The zero-order valence-electron chi connectivity index (χ0n) is 13.3. The van der Waals surface area contributed by atoms with Crippen LogP contribution in [0.5, 0.6) is 11.5 Å². The lowest BCUT2D eigenvalue weighted by atomic mass is 10.1. The molecule has 0 radical (unpaired) electrons. The molecule has 24 heavy (non-hydrogen) atoms. The number of nitrogens with one attached hydrogen (secondary N) is 1. The van der Waals surface area contributed by atoms with Crippen molar-refractivity contribution in [1.29, 1.82) is 0 Å². The number of carbonyl (C=O) groups excluding carboxylic acids is 1. The van der Waals surface area contributed by atoms with Crippen LogP contribution in [0.25, 0.3) is 10.8 Å². The number of hydrogen-bond donors (Lipinski definition) is 1. The molecule has 122 valence electrons. The van der Waals surface area contributed by atoms with Crippen molar-refractivity contribution < 1.29 is 14.3 Å². The highest BCUT2D eigenvalue weighted by Crippen LogP contribution is 2.24. The fraction of sp³-hybridized carbons (Fsp3) is 0.150. The number of para-hydroxylation sites is 1. The van der Waals surface area contributed by atoms with Gasteiger partial charge in [0.15, 0.2) is 6.61 Å². The number of amides is 1. The van der Waals surface area contributed by atoms with Crippen LogP contribution in [-0.2, 0) is 4.79 Å². The number of benzene rings is 3. The number of fused-ring (bicyclic) bond motifs is 1. The summed E-state index contributed by atoms with van der Waals surface area (Å²) in [5.74, 6) is 1.34. The first kappa shape index (κ1) is 15.9. The van der Waals surface area contributed by atoms with Gasteiger partial charge in [0.1, 0.15) is 18.1 Å². The summed E-state index contributed by atoms with van der Waals surface area (Å²) < 4.78 is 11.2. The summed E-state index contributed by atoms with van der Waals surface area (Å²) in [5.41, 5.74) is 0. The van der Waals surface area contributed by atoms with E-state index < -0.39 is 0 Å². The number of ether oxygens (including phenoxy) is 2. The summed E-state index contributed by atoms with van der Waals surface area (Å²) in [7, 11) is 0. The summed E-state index contributed by atoms with van der Waals surface area (Å²) in [6.07, 6.45) is 0.